The summed E-state index contributed by atoms with van der Waals surface area (Å²) in [5.41, 5.74) is 9.27. The first-order valence-corrected chi connectivity index (χ1v) is 8.46. The Morgan fingerprint density at radius 1 is 1.48 bits per heavy atom. The number of fused-ring (bicyclic) bond motifs is 1. The Labute approximate surface area is 155 Å². The largest absolute Gasteiger partial charge is 0.397 e. The Balaban J connectivity index is 1.91. The van der Waals surface area contributed by atoms with Crippen LogP contribution in [-0.2, 0) is 13.0 Å². The zero-order chi connectivity index (χ0) is 18.1. The van der Waals surface area contributed by atoms with Gasteiger partial charge in [0.15, 0.2) is 0 Å². The lowest BCUT2D eigenvalue weighted by Crippen LogP contribution is -2.42. The number of benzene rings is 1. The number of allylic oxidation sites excluding steroid dienone is 1. The Morgan fingerprint density at radius 2 is 2.24 bits per heavy atom. The number of hydrogen-bond donors (Lipinski definition) is 3. The van der Waals surface area contributed by atoms with E-state index in [-0.39, 0.29) is 11.9 Å². The van der Waals surface area contributed by atoms with Crippen LogP contribution in [0.1, 0.15) is 34.2 Å². The maximum absolute atomic E-state index is 12.9. The highest BCUT2D eigenvalue weighted by Gasteiger charge is 2.31. The summed E-state index contributed by atoms with van der Waals surface area (Å²) in [6.07, 6.45) is 3.23. The van der Waals surface area contributed by atoms with Crippen molar-refractivity contribution in [2.45, 2.75) is 25.9 Å². The van der Waals surface area contributed by atoms with Crippen LogP contribution in [0.4, 0.5) is 0 Å². The molecule has 0 saturated carbocycles. The van der Waals surface area contributed by atoms with Crippen molar-refractivity contribution >= 4 is 41.0 Å². The quantitative estimate of drug-likeness (QED) is 0.715. The first-order valence-electron chi connectivity index (χ1n) is 7.71. The molecule has 1 aromatic heterocycles. The molecule has 1 aromatic carbocycles. The van der Waals surface area contributed by atoms with Crippen LogP contribution in [0.15, 0.2) is 24.3 Å². The predicted octanol–water partition coefficient (Wildman–Crippen LogP) is 3.25. The lowest BCUT2D eigenvalue weighted by atomic mass is 9.96. The van der Waals surface area contributed by atoms with Crippen molar-refractivity contribution in [2.75, 3.05) is 0 Å². The Bertz CT molecular complexity index is 874. The molecule has 2 aromatic rings. The summed E-state index contributed by atoms with van der Waals surface area (Å²) >= 11 is 12.1. The second-order valence-corrected chi connectivity index (χ2v) is 6.77. The van der Waals surface area contributed by atoms with Gasteiger partial charge < -0.3 is 16.0 Å². The van der Waals surface area contributed by atoms with Crippen molar-refractivity contribution in [2.24, 2.45) is 5.73 Å². The Hall–Kier alpha value is -2.31. The van der Waals surface area contributed by atoms with E-state index in [2.05, 4.69) is 10.2 Å². The number of carbonyl (C=O) groups excluding carboxylic acids is 1. The average Bonchev–Trinajstić information content (AvgIpc) is 2.96. The van der Waals surface area contributed by atoms with Crippen molar-refractivity contribution in [1.82, 2.24) is 15.1 Å². The van der Waals surface area contributed by atoms with Gasteiger partial charge in [0.1, 0.15) is 5.69 Å². The topological polar surface area (TPSA) is 98.9 Å². The van der Waals surface area contributed by atoms with E-state index in [1.54, 1.807) is 23.1 Å². The first kappa shape index (κ1) is 17.5. The summed E-state index contributed by atoms with van der Waals surface area (Å²) in [5.74, 6) is -0.154. The minimum absolute atomic E-state index is 0.0455. The molecule has 3 rings (SSSR count). The van der Waals surface area contributed by atoms with E-state index in [0.717, 1.165) is 17.5 Å². The number of rotatable bonds is 3. The van der Waals surface area contributed by atoms with Crippen molar-refractivity contribution < 1.29 is 4.79 Å². The second-order valence-electron chi connectivity index (χ2n) is 5.93. The smallest absolute Gasteiger partial charge is 0.255 e. The van der Waals surface area contributed by atoms with Crippen molar-refractivity contribution in [3.63, 3.8) is 0 Å². The monoisotopic (exact) mass is 377 g/mol. The molecule has 8 heteroatoms. The molecular formula is C17H17Cl2N5O. The van der Waals surface area contributed by atoms with Gasteiger partial charge in [0.25, 0.3) is 5.91 Å². The van der Waals surface area contributed by atoms with E-state index < -0.39 is 0 Å². The van der Waals surface area contributed by atoms with Gasteiger partial charge in [-0.1, -0.05) is 23.2 Å². The van der Waals surface area contributed by atoms with Gasteiger partial charge in [0.2, 0.25) is 0 Å². The molecule has 0 saturated heterocycles. The number of nitrogens with zero attached hydrogens (tertiary/aromatic N) is 2. The number of halogens is 2. The number of H-pyrrole nitrogens is 1. The van der Waals surface area contributed by atoms with Crippen LogP contribution in [0.5, 0.6) is 0 Å². The van der Waals surface area contributed by atoms with Gasteiger partial charge >= 0.3 is 0 Å². The number of nitrogens with one attached hydrogen (secondary N) is 2. The highest BCUT2D eigenvalue weighted by Crippen LogP contribution is 2.29. The van der Waals surface area contributed by atoms with Crippen LogP contribution in [0, 0.1) is 5.41 Å². The molecular weight excluding hydrogens is 361 g/mol. The summed E-state index contributed by atoms with van der Waals surface area (Å²) in [5, 5.41) is 15.2. The highest BCUT2D eigenvalue weighted by atomic mass is 35.5. The third-order valence-corrected chi connectivity index (χ3v) is 4.82. The molecule has 0 bridgehead atoms. The van der Waals surface area contributed by atoms with Gasteiger partial charge in [0, 0.05) is 22.8 Å². The summed E-state index contributed by atoms with van der Waals surface area (Å²) < 4.78 is 0. The maximum Gasteiger partial charge on any atom is 0.255 e. The summed E-state index contributed by atoms with van der Waals surface area (Å²) in [4.78, 5) is 14.6. The zero-order valence-corrected chi connectivity index (χ0v) is 15.0. The molecule has 0 radical (unpaired) electrons. The molecule has 1 aliphatic heterocycles. The van der Waals surface area contributed by atoms with E-state index in [0.29, 0.717) is 40.0 Å². The molecule has 130 valence electrons. The SMILES string of the molecule is CC1Cc2c(/C(N)=C/C=N)n[nH]c2CN1C(=O)c1ccc(Cl)cc1Cl. The highest BCUT2D eigenvalue weighted by molar-refractivity contribution is 6.36. The Kier molecular flexibility index (Phi) is 4.83. The standard InChI is InChI=1S/C17H17Cl2N5O/c1-9-6-12-15(22-23-16(12)14(21)4-5-20)8-24(9)17(25)11-3-2-10(18)7-13(11)19/h2-5,7,9,20H,6,8,21H2,1H3,(H,22,23)/b14-4-,20-5?. The normalized spacial score (nSPS) is 17.3. The average molecular weight is 378 g/mol. The predicted molar refractivity (Wildman–Crippen MR) is 99.0 cm³/mol. The van der Waals surface area contributed by atoms with Crippen molar-refractivity contribution in [3.8, 4) is 0 Å². The van der Waals surface area contributed by atoms with Gasteiger partial charge in [-0.2, -0.15) is 5.10 Å². The minimum Gasteiger partial charge on any atom is -0.397 e. The summed E-state index contributed by atoms with van der Waals surface area (Å²) in [7, 11) is 0. The van der Waals surface area contributed by atoms with Crippen LogP contribution in [0.3, 0.4) is 0 Å². The second kappa shape index (κ2) is 6.90. The number of amides is 1. The maximum atomic E-state index is 12.9. The van der Waals surface area contributed by atoms with Crippen LogP contribution < -0.4 is 5.73 Å². The lowest BCUT2D eigenvalue weighted by Gasteiger charge is -2.33. The van der Waals surface area contributed by atoms with Crippen molar-refractivity contribution in [3.05, 3.63) is 56.8 Å². The van der Waals surface area contributed by atoms with E-state index in [4.69, 9.17) is 34.3 Å². The van der Waals surface area contributed by atoms with Crippen LogP contribution in [-0.4, -0.2) is 33.3 Å². The molecule has 4 N–H and O–H groups in total. The van der Waals surface area contributed by atoms with Crippen LogP contribution in [0.25, 0.3) is 5.70 Å². The third-order valence-electron chi connectivity index (χ3n) is 4.27. The molecule has 2 heterocycles. The molecule has 0 aliphatic carbocycles. The molecule has 0 spiro atoms. The number of nitrogens with two attached hydrogens (primary N) is 1. The van der Waals surface area contributed by atoms with Gasteiger partial charge in [-0.25, -0.2) is 0 Å². The molecule has 25 heavy (non-hydrogen) atoms. The fourth-order valence-electron chi connectivity index (χ4n) is 2.98. The lowest BCUT2D eigenvalue weighted by molar-refractivity contribution is 0.0655. The van der Waals surface area contributed by atoms with E-state index in [9.17, 15) is 4.79 Å². The number of aromatic nitrogens is 2. The van der Waals surface area contributed by atoms with Gasteiger partial charge in [-0.3, -0.25) is 9.89 Å². The first-order chi connectivity index (χ1) is 11.9. The minimum atomic E-state index is -0.154. The molecule has 0 fully saturated rings. The summed E-state index contributed by atoms with van der Waals surface area (Å²) in [6, 6.07) is 4.81. The molecule has 1 aliphatic rings. The fraction of sp³-hybridized carbons (Fsp3) is 0.235. The molecule has 1 amide bonds. The molecule has 6 nitrogen and oxygen atoms in total. The number of hydrogen-bond acceptors (Lipinski definition) is 4. The third kappa shape index (κ3) is 3.27. The van der Waals surface area contributed by atoms with Gasteiger partial charge in [-0.05, 0) is 37.6 Å². The molecule has 1 atom stereocenters. The summed E-state index contributed by atoms with van der Waals surface area (Å²) in [6.45, 7) is 2.36. The van der Waals surface area contributed by atoms with E-state index in [1.807, 2.05) is 6.92 Å². The fourth-order valence-corrected chi connectivity index (χ4v) is 3.47. The Morgan fingerprint density at radius 3 is 2.92 bits per heavy atom. The van der Waals surface area contributed by atoms with Gasteiger partial charge in [0.05, 0.1) is 28.5 Å². The van der Waals surface area contributed by atoms with Crippen molar-refractivity contribution in [1.29, 1.82) is 5.41 Å². The van der Waals surface area contributed by atoms with Crippen LogP contribution in [0.2, 0.25) is 10.0 Å². The van der Waals surface area contributed by atoms with E-state index >= 15 is 0 Å². The number of carbonyl (C=O) groups is 1. The number of aromatic amines is 1. The van der Waals surface area contributed by atoms with E-state index in [1.165, 1.54) is 6.08 Å². The van der Waals surface area contributed by atoms with Crippen LogP contribution >= 0.6 is 23.2 Å². The zero-order valence-electron chi connectivity index (χ0n) is 13.5. The van der Waals surface area contributed by atoms with Gasteiger partial charge in [-0.15, -0.1) is 0 Å². The molecule has 1 unspecified atom stereocenters.